The average molecular weight is 419 g/mol. The lowest BCUT2D eigenvalue weighted by molar-refractivity contribution is -0.118. The molecule has 3 aromatic rings. The summed E-state index contributed by atoms with van der Waals surface area (Å²) in [7, 11) is 1.58. The number of aromatic nitrogens is 3. The Bertz CT molecular complexity index is 956. The van der Waals surface area contributed by atoms with E-state index < -0.39 is 0 Å². The van der Waals surface area contributed by atoms with Gasteiger partial charge in [-0.05, 0) is 30.3 Å². The zero-order valence-electron chi connectivity index (χ0n) is 15.2. The molecule has 0 unspecified atom stereocenters. The summed E-state index contributed by atoms with van der Waals surface area (Å²) in [6.07, 6.45) is 3.31. The van der Waals surface area contributed by atoms with Gasteiger partial charge in [0.1, 0.15) is 11.5 Å². The van der Waals surface area contributed by atoms with Crippen molar-refractivity contribution in [2.45, 2.75) is 18.2 Å². The van der Waals surface area contributed by atoms with Crippen LogP contribution in [-0.4, -0.2) is 33.5 Å². The van der Waals surface area contributed by atoms with E-state index in [0.29, 0.717) is 40.6 Å². The minimum Gasteiger partial charge on any atom is -0.496 e. The Labute approximate surface area is 171 Å². The first kappa shape index (κ1) is 20.0. The number of rotatable bonds is 9. The van der Waals surface area contributed by atoms with Crippen LogP contribution < -0.4 is 10.1 Å². The van der Waals surface area contributed by atoms with E-state index in [0.717, 1.165) is 5.56 Å². The van der Waals surface area contributed by atoms with Crippen LogP contribution in [-0.2, 0) is 17.9 Å². The van der Waals surface area contributed by atoms with E-state index in [4.69, 9.17) is 20.8 Å². The summed E-state index contributed by atoms with van der Waals surface area (Å²) >= 11 is 7.43. The summed E-state index contributed by atoms with van der Waals surface area (Å²) in [6.45, 7) is 4.62. The SMILES string of the molecule is C=CCn1c(SCC(=O)NCc2ccco2)nnc1-c1cc(Cl)ccc1OC. The topological polar surface area (TPSA) is 82.2 Å². The summed E-state index contributed by atoms with van der Waals surface area (Å²) in [4.78, 5) is 12.1. The first-order valence-corrected chi connectivity index (χ1v) is 9.78. The van der Waals surface area contributed by atoms with Gasteiger partial charge in [0, 0.05) is 11.6 Å². The van der Waals surface area contributed by atoms with Crippen molar-refractivity contribution >= 4 is 29.3 Å². The predicted octanol–water partition coefficient (Wildman–Crippen LogP) is 3.79. The molecule has 0 aliphatic carbocycles. The number of amides is 1. The minimum absolute atomic E-state index is 0.128. The zero-order valence-corrected chi connectivity index (χ0v) is 16.8. The molecule has 0 atom stereocenters. The van der Waals surface area contributed by atoms with E-state index >= 15 is 0 Å². The number of ether oxygens (including phenoxy) is 1. The molecular formula is C19H19ClN4O3S. The quantitative estimate of drug-likeness (QED) is 0.420. The maximum absolute atomic E-state index is 12.1. The predicted molar refractivity (Wildman–Crippen MR) is 108 cm³/mol. The molecule has 0 saturated heterocycles. The van der Waals surface area contributed by atoms with Crippen LogP contribution in [0.3, 0.4) is 0 Å². The van der Waals surface area contributed by atoms with E-state index in [2.05, 4.69) is 22.1 Å². The average Bonchev–Trinajstić information content (AvgIpc) is 3.35. The summed E-state index contributed by atoms with van der Waals surface area (Å²) < 4.78 is 12.5. The summed E-state index contributed by atoms with van der Waals surface area (Å²) in [5, 5.41) is 12.5. The Hall–Kier alpha value is -2.71. The van der Waals surface area contributed by atoms with Crippen molar-refractivity contribution in [1.29, 1.82) is 0 Å². The normalized spacial score (nSPS) is 10.6. The fourth-order valence-electron chi connectivity index (χ4n) is 2.52. The molecule has 0 bridgehead atoms. The van der Waals surface area contributed by atoms with Gasteiger partial charge < -0.3 is 14.5 Å². The van der Waals surface area contributed by atoms with Gasteiger partial charge in [0.15, 0.2) is 11.0 Å². The lowest BCUT2D eigenvalue weighted by atomic mass is 10.2. The van der Waals surface area contributed by atoms with Crippen molar-refractivity contribution in [3.63, 3.8) is 0 Å². The van der Waals surface area contributed by atoms with Crippen LogP contribution in [0.1, 0.15) is 5.76 Å². The molecule has 0 fully saturated rings. The van der Waals surface area contributed by atoms with Crippen LogP contribution in [0.5, 0.6) is 5.75 Å². The summed E-state index contributed by atoms with van der Waals surface area (Å²) in [5.74, 6) is 2.00. The van der Waals surface area contributed by atoms with Crippen LogP contribution in [0.15, 0.2) is 58.8 Å². The minimum atomic E-state index is -0.128. The van der Waals surface area contributed by atoms with E-state index in [1.165, 1.54) is 11.8 Å². The molecule has 0 spiro atoms. The van der Waals surface area contributed by atoms with E-state index in [-0.39, 0.29) is 11.7 Å². The first-order chi connectivity index (χ1) is 13.6. The van der Waals surface area contributed by atoms with Crippen LogP contribution in [0.2, 0.25) is 5.02 Å². The van der Waals surface area contributed by atoms with Crippen LogP contribution in [0.4, 0.5) is 0 Å². The molecule has 0 saturated carbocycles. The van der Waals surface area contributed by atoms with Gasteiger partial charge in [0.2, 0.25) is 5.91 Å². The second-order valence-electron chi connectivity index (χ2n) is 5.69. The van der Waals surface area contributed by atoms with Gasteiger partial charge in [-0.2, -0.15) is 0 Å². The molecule has 146 valence electrons. The largest absolute Gasteiger partial charge is 0.496 e. The molecule has 1 N–H and O–H groups in total. The number of allylic oxidation sites excluding steroid dienone is 1. The Morgan fingerprint density at radius 2 is 2.29 bits per heavy atom. The first-order valence-electron chi connectivity index (χ1n) is 8.42. The van der Waals surface area contributed by atoms with Gasteiger partial charge in [0.25, 0.3) is 0 Å². The lowest BCUT2D eigenvalue weighted by Crippen LogP contribution is -2.24. The molecule has 1 aromatic carbocycles. The Morgan fingerprint density at radius 3 is 3.00 bits per heavy atom. The summed E-state index contributed by atoms with van der Waals surface area (Å²) in [5.41, 5.74) is 0.721. The van der Waals surface area contributed by atoms with Crippen molar-refractivity contribution in [2.24, 2.45) is 0 Å². The highest BCUT2D eigenvalue weighted by Gasteiger charge is 2.18. The molecule has 28 heavy (non-hydrogen) atoms. The molecule has 0 radical (unpaired) electrons. The molecular weight excluding hydrogens is 400 g/mol. The van der Waals surface area contributed by atoms with E-state index in [1.54, 1.807) is 49.8 Å². The number of halogens is 1. The Kier molecular flexibility index (Phi) is 6.78. The monoisotopic (exact) mass is 418 g/mol. The van der Waals surface area contributed by atoms with Gasteiger partial charge in [0.05, 0.1) is 31.2 Å². The third-order valence-electron chi connectivity index (χ3n) is 3.80. The van der Waals surface area contributed by atoms with Crippen molar-refractivity contribution < 1.29 is 13.9 Å². The number of carbonyl (C=O) groups excluding carboxylic acids is 1. The second kappa shape index (κ2) is 9.48. The van der Waals surface area contributed by atoms with Crippen molar-refractivity contribution in [2.75, 3.05) is 12.9 Å². The highest BCUT2D eigenvalue weighted by Crippen LogP contribution is 2.33. The van der Waals surface area contributed by atoms with Crippen LogP contribution in [0.25, 0.3) is 11.4 Å². The second-order valence-corrected chi connectivity index (χ2v) is 7.07. The number of benzene rings is 1. The fourth-order valence-corrected chi connectivity index (χ4v) is 3.47. The summed E-state index contributed by atoms with van der Waals surface area (Å²) in [6, 6.07) is 8.88. The number of carbonyl (C=O) groups is 1. The number of nitrogens with zero attached hydrogens (tertiary/aromatic N) is 3. The molecule has 2 heterocycles. The van der Waals surface area contributed by atoms with Gasteiger partial charge in [-0.1, -0.05) is 29.4 Å². The van der Waals surface area contributed by atoms with Crippen molar-refractivity contribution in [3.05, 3.63) is 60.0 Å². The van der Waals surface area contributed by atoms with Gasteiger partial charge in [-0.15, -0.1) is 16.8 Å². The molecule has 7 nitrogen and oxygen atoms in total. The lowest BCUT2D eigenvalue weighted by Gasteiger charge is -2.11. The third-order valence-corrected chi connectivity index (χ3v) is 5.01. The Balaban J connectivity index is 1.74. The number of hydrogen-bond donors (Lipinski definition) is 1. The molecule has 9 heteroatoms. The van der Waals surface area contributed by atoms with Gasteiger partial charge >= 0.3 is 0 Å². The number of thioether (sulfide) groups is 1. The number of methoxy groups -OCH3 is 1. The zero-order chi connectivity index (χ0) is 19.9. The van der Waals surface area contributed by atoms with Crippen LogP contribution in [0, 0.1) is 0 Å². The number of hydrogen-bond acceptors (Lipinski definition) is 6. The smallest absolute Gasteiger partial charge is 0.230 e. The standard InChI is InChI=1S/C19H19ClN4O3S/c1-3-8-24-18(15-10-13(20)6-7-16(15)26-2)22-23-19(24)28-12-17(25)21-11-14-5-4-9-27-14/h3-7,9-10H,1,8,11-12H2,2H3,(H,21,25). The molecule has 0 aliphatic heterocycles. The number of furan rings is 1. The maximum atomic E-state index is 12.1. The molecule has 0 aliphatic rings. The Morgan fingerprint density at radius 1 is 1.43 bits per heavy atom. The van der Waals surface area contributed by atoms with Gasteiger partial charge in [-0.25, -0.2) is 0 Å². The molecule has 2 aromatic heterocycles. The van der Waals surface area contributed by atoms with Crippen LogP contribution >= 0.6 is 23.4 Å². The van der Waals surface area contributed by atoms with Gasteiger partial charge in [-0.3, -0.25) is 9.36 Å². The van der Waals surface area contributed by atoms with Crippen molar-refractivity contribution in [3.8, 4) is 17.1 Å². The highest BCUT2D eigenvalue weighted by atomic mass is 35.5. The third kappa shape index (κ3) is 4.76. The van der Waals surface area contributed by atoms with E-state index in [9.17, 15) is 4.79 Å². The molecule has 3 rings (SSSR count). The molecule has 1 amide bonds. The maximum Gasteiger partial charge on any atom is 0.230 e. The van der Waals surface area contributed by atoms with Crippen molar-refractivity contribution in [1.82, 2.24) is 20.1 Å². The van der Waals surface area contributed by atoms with E-state index in [1.807, 2.05) is 4.57 Å². The highest BCUT2D eigenvalue weighted by molar-refractivity contribution is 7.99. The fraction of sp³-hybridized carbons (Fsp3) is 0.211. The number of nitrogens with one attached hydrogen (secondary N) is 1.